The molecule has 0 aliphatic rings. The van der Waals surface area contributed by atoms with Crippen LogP contribution in [0.2, 0.25) is 0 Å². The molecule has 5 nitrogen and oxygen atoms in total. The second-order valence-electron chi connectivity index (χ2n) is 6.92. The van der Waals surface area contributed by atoms with Crippen LogP contribution in [0.25, 0.3) is 10.9 Å². The lowest BCUT2D eigenvalue weighted by Crippen LogP contribution is -2.33. The van der Waals surface area contributed by atoms with E-state index in [9.17, 15) is 9.59 Å². The molecule has 3 rings (SSSR count). The maximum atomic E-state index is 12.4. The van der Waals surface area contributed by atoms with Crippen molar-refractivity contribution in [1.29, 1.82) is 0 Å². The summed E-state index contributed by atoms with van der Waals surface area (Å²) in [5.41, 5.74) is 4.24. The van der Waals surface area contributed by atoms with Gasteiger partial charge in [-0.05, 0) is 36.1 Å². The lowest BCUT2D eigenvalue weighted by atomic mass is 10.1. The van der Waals surface area contributed by atoms with Gasteiger partial charge in [-0.1, -0.05) is 43.3 Å². The van der Waals surface area contributed by atoms with Gasteiger partial charge in [-0.15, -0.1) is 0 Å². The number of aromatic amines is 1. The van der Waals surface area contributed by atoms with Crippen molar-refractivity contribution in [2.75, 3.05) is 18.4 Å². The van der Waals surface area contributed by atoms with Crippen LogP contribution in [0.5, 0.6) is 0 Å². The normalized spacial score (nSPS) is 10.8. The number of H-pyrrole nitrogens is 1. The molecule has 0 radical (unpaired) electrons. The first kappa shape index (κ1) is 19.7. The fourth-order valence-electron chi connectivity index (χ4n) is 3.42. The zero-order valence-corrected chi connectivity index (χ0v) is 16.5. The van der Waals surface area contributed by atoms with Crippen LogP contribution < -0.4 is 5.32 Å². The van der Waals surface area contributed by atoms with Gasteiger partial charge in [-0.2, -0.15) is 0 Å². The van der Waals surface area contributed by atoms with Crippen molar-refractivity contribution in [1.82, 2.24) is 9.88 Å². The number of amides is 2. The Morgan fingerprint density at radius 3 is 2.54 bits per heavy atom. The molecule has 1 heterocycles. The maximum Gasteiger partial charge on any atom is 0.226 e. The minimum absolute atomic E-state index is 0.0124. The Morgan fingerprint density at radius 1 is 1.00 bits per heavy atom. The number of rotatable bonds is 8. The molecule has 5 heteroatoms. The van der Waals surface area contributed by atoms with Gasteiger partial charge in [0.05, 0.1) is 0 Å². The number of benzene rings is 2. The van der Waals surface area contributed by atoms with E-state index >= 15 is 0 Å². The van der Waals surface area contributed by atoms with E-state index in [0.29, 0.717) is 13.1 Å². The highest BCUT2D eigenvalue weighted by Gasteiger charge is 2.13. The Balaban J connectivity index is 1.56. The molecule has 2 aromatic carbocycles. The van der Waals surface area contributed by atoms with Crippen LogP contribution in [0.4, 0.5) is 5.69 Å². The molecule has 2 amide bonds. The number of anilines is 1. The summed E-state index contributed by atoms with van der Waals surface area (Å²) in [6, 6.07) is 15.9. The number of para-hydroxylation sites is 2. The smallest absolute Gasteiger partial charge is 0.226 e. The molecule has 0 aliphatic carbocycles. The van der Waals surface area contributed by atoms with Crippen LogP contribution in [0.3, 0.4) is 0 Å². The van der Waals surface area contributed by atoms with Crippen LogP contribution in [-0.2, 0) is 22.4 Å². The van der Waals surface area contributed by atoms with Gasteiger partial charge < -0.3 is 15.2 Å². The molecule has 0 atom stereocenters. The van der Waals surface area contributed by atoms with E-state index in [1.54, 1.807) is 11.8 Å². The van der Waals surface area contributed by atoms with Crippen molar-refractivity contribution < 1.29 is 9.59 Å². The quantitative estimate of drug-likeness (QED) is 0.619. The second kappa shape index (κ2) is 9.22. The van der Waals surface area contributed by atoms with Crippen LogP contribution in [-0.4, -0.2) is 34.8 Å². The molecular weight excluding hydrogens is 350 g/mol. The highest BCUT2D eigenvalue weighted by atomic mass is 16.2. The summed E-state index contributed by atoms with van der Waals surface area (Å²) in [5.74, 6) is -0.0826. The standard InChI is InChI=1S/C23H27N3O2/c1-3-18-8-4-6-10-21(18)25-23(28)13-15-26(17(2)27)14-12-19-16-24-22-11-7-5-9-20(19)22/h4-11,16,24H,3,12-15H2,1-2H3,(H,25,28). The molecule has 0 saturated carbocycles. The number of aromatic nitrogens is 1. The summed E-state index contributed by atoms with van der Waals surface area (Å²) in [6.07, 6.45) is 3.90. The average Bonchev–Trinajstić information content (AvgIpc) is 3.11. The molecule has 0 fully saturated rings. The minimum atomic E-state index is -0.0701. The van der Waals surface area contributed by atoms with Crippen molar-refractivity contribution >= 4 is 28.4 Å². The van der Waals surface area contributed by atoms with E-state index in [1.807, 2.05) is 48.7 Å². The van der Waals surface area contributed by atoms with Gasteiger partial charge >= 0.3 is 0 Å². The summed E-state index contributed by atoms with van der Waals surface area (Å²) >= 11 is 0. The van der Waals surface area contributed by atoms with Gasteiger partial charge in [0.15, 0.2) is 0 Å². The average molecular weight is 377 g/mol. The zero-order chi connectivity index (χ0) is 19.9. The van der Waals surface area contributed by atoms with Gasteiger partial charge in [-0.25, -0.2) is 0 Å². The topological polar surface area (TPSA) is 65.2 Å². The molecule has 0 bridgehead atoms. The Bertz CT molecular complexity index is 961. The number of aryl methyl sites for hydroxylation is 1. The fourth-order valence-corrected chi connectivity index (χ4v) is 3.42. The molecule has 28 heavy (non-hydrogen) atoms. The van der Waals surface area contributed by atoms with Crippen LogP contribution >= 0.6 is 0 Å². The van der Waals surface area contributed by atoms with Crippen molar-refractivity contribution in [3.05, 3.63) is 65.9 Å². The van der Waals surface area contributed by atoms with E-state index in [4.69, 9.17) is 0 Å². The molecule has 0 aliphatic heterocycles. The van der Waals surface area contributed by atoms with Gasteiger partial charge in [0, 0.05) is 49.2 Å². The molecule has 0 spiro atoms. The lowest BCUT2D eigenvalue weighted by molar-refractivity contribution is -0.129. The number of carbonyl (C=O) groups excluding carboxylic acids is 2. The Kier molecular flexibility index (Phi) is 6.48. The molecule has 146 valence electrons. The summed E-state index contributed by atoms with van der Waals surface area (Å²) in [6.45, 7) is 4.63. The van der Waals surface area contributed by atoms with E-state index in [-0.39, 0.29) is 18.2 Å². The fraction of sp³-hybridized carbons (Fsp3) is 0.304. The van der Waals surface area contributed by atoms with Crippen molar-refractivity contribution in [3.63, 3.8) is 0 Å². The third-order valence-corrected chi connectivity index (χ3v) is 5.05. The van der Waals surface area contributed by atoms with Crippen LogP contribution in [0, 0.1) is 0 Å². The first-order valence-corrected chi connectivity index (χ1v) is 9.76. The number of hydrogen-bond acceptors (Lipinski definition) is 2. The largest absolute Gasteiger partial charge is 0.361 e. The maximum absolute atomic E-state index is 12.4. The SMILES string of the molecule is CCc1ccccc1NC(=O)CCN(CCc1c[nH]c2ccccc12)C(C)=O. The van der Waals surface area contributed by atoms with Gasteiger partial charge in [0.25, 0.3) is 0 Å². The number of carbonyl (C=O) groups is 2. The Hall–Kier alpha value is -3.08. The third-order valence-electron chi connectivity index (χ3n) is 5.05. The Labute approximate surface area is 165 Å². The van der Waals surface area contributed by atoms with E-state index < -0.39 is 0 Å². The van der Waals surface area contributed by atoms with Crippen molar-refractivity contribution in [2.24, 2.45) is 0 Å². The van der Waals surface area contributed by atoms with E-state index in [0.717, 1.165) is 29.6 Å². The summed E-state index contributed by atoms with van der Waals surface area (Å²) < 4.78 is 0. The summed E-state index contributed by atoms with van der Waals surface area (Å²) in [4.78, 5) is 29.4. The van der Waals surface area contributed by atoms with Crippen molar-refractivity contribution in [3.8, 4) is 0 Å². The lowest BCUT2D eigenvalue weighted by Gasteiger charge is -2.21. The molecule has 0 unspecified atom stereocenters. The number of nitrogens with one attached hydrogen (secondary N) is 2. The second-order valence-corrected chi connectivity index (χ2v) is 6.92. The molecule has 3 aromatic rings. The van der Waals surface area contributed by atoms with Crippen molar-refractivity contribution in [2.45, 2.75) is 33.1 Å². The highest BCUT2D eigenvalue weighted by molar-refractivity contribution is 5.92. The first-order valence-electron chi connectivity index (χ1n) is 9.76. The van der Waals surface area contributed by atoms with Crippen LogP contribution in [0.1, 0.15) is 31.4 Å². The number of hydrogen-bond donors (Lipinski definition) is 2. The third kappa shape index (κ3) is 4.80. The van der Waals surface area contributed by atoms with E-state index in [1.165, 1.54) is 10.9 Å². The van der Waals surface area contributed by atoms with Gasteiger partial charge in [0.1, 0.15) is 0 Å². The minimum Gasteiger partial charge on any atom is -0.361 e. The monoisotopic (exact) mass is 377 g/mol. The van der Waals surface area contributed by atoms with Crippen LogP contribution in [0.15, 0.2) is 54.7 Å². The highest BCUT2D eigenvalue weighted by Crippen LogP contribution is 2.19. The molecule has 1 aromatic heterocycles. The Morgan fingerprint density at radius 2 is 1.75 bits per heavy atom. The summed E-state index contributed by atoms with van der Waals surface area (Å²) in [5, 5.41) is 4.15. The zero-order valence-electron chi connectivity index (χ0n) is 16.5. The van der Waals surface area contributed by atoms with E-state index in [2.05, 4.69) is 23.3 Å². The number of fused-ring (bicyclic) bond motifs is 1. The number of nitrogens with zero attached hydrogens (tertiary/aromatic N) is 1. The molecular formula is C23H27N3O2. The predicted octanol–water partition coefficient (Wildman–Crippen LogP) is 4.15. The molecule has 0 saturated heterocycles. The predicted molar refractivity (Wildman–Crippen MR) is 113 cm³/mol. The van der Waals surface area contributed by atoms with Gasteiger partial charge in [-0.3, -0.25) is 9.59 Å². The molecule has 2 N–H and O–H groups in total. The first-order chi connectivity index (χ1) is 13.6. The summed E-state index contributed by atoms with van der Waals surface area (Å²) in [7, 11) is 0. The van der Waals surface area contributed by atoms with Gasteiger partial charge in [0.2, 0.25) is 11.8 Å².